The minimum absolute atomic E-state index is 0.101. The molecule has 1 aromatic rings. The standard InChI is InChI=1S/C14H20N2O3/c1-15-12(11-17)7-5-6-10-16-14(18)19-13-8-3-2-4-9-13/h2-4,8-9,11-12,15H,5-7,10H2,1H3,(H,16,18). The number of rotatable bonds is 8. The molecule has 0 aliphatic heterocycles. The molecule has 0 saturated carbocycles. The van der Waals surface area contributed by atoms with Gasteiger partial charge in [0.2, 0.25) is 0 Å². The zero-order valence-corrected chi connectivity index (χ0v) is 11.1. The molecule has 0 aliphatic rings. The Morgan fingerprint density at radius 1 is 1.32 bits per heavy atom. The summed E-state index contributed by atoms with van der Waals surface area (Å²) in [5.41, 5.74) is 0. The fraction of sp³-hybridized carbons (Fsp3) is 0.429. The molecule has 0 aromatic heterocycles. The molecule has 1 unspecified atom stereocenters. The van der Waals surface area contributed by atoms with Gasteiger partial charge in [0.15, 0.2) is 0 Å². The second-order valence-electron chi connectivity index (χ2n) is 4.16. The summed E-state index contributed by atoms with van der Waals surface area (Å²) in [5, 5.41) is 5.57. The first-order chi connectivity index (χ1) is 9.26. The third kappa shape index (κ3) is 6.57. The minimum atomic E-state index is -0.452. The van der Waals surface area contributed by atoms with Gasteiger partial charge < -0.3 is 20.2 Å². The third-order valence-corrected chi connectivity index (χ3v) is 2.70. The van der Waals surface area contributed by atoms with Crippen molar-refractivity contribution in [2.75, 3.05) is 13.6 Å². The highest BCUT2D eigenvalue weighted by atomic mass is 16.5. The second-order valence-corrected chi connectivity index (χ2v) is 4.16. The maximum atomic E-state index is 11.4. The lowest BCUT2D eigenvalue weighted by atomic mass is 10.1. The van der Waals surface area contributed by atoms with Crippen molar-refractivity contribution in [3.63, 3.8) is 0 Å². The summed E-state index contributed by atoms with van der Waals surface area (Å²) in [4.78, 5) is 22.0. The molecule has 1 aromatic carbocycles. The number of carbonyl (C=O) groups is 2. The summed E-state index contributed by atoms with van der Waals surface area (Å²) in [5.74, 6) is 0.524. The zero-order chi connectivity index (χ0) is 13.9. The number of para-hydroxylation sites is 1. The monoisotopic (exact) mass is 264 g/mol. The zero-order valence-electron chi connectivity index (χ0n) is 11.1. The molecule has 1 amide bonds. The number of likely N-dealkylation sites (N-methyl/N-ethyl adjacent to an activating group) is 1. The van der Waals surface area contributed by atoms with Crippen LogP contribution in [0.15, 0.2) is 30.3 Å². The van der Waals surface area contributed by atoms with Crippen LogP contribution in [0.3, 0.4) is 0 Å². The second kappa shape index (κ2) is 9.10. The molecule has 1 atom stereocenters. The first-order valence-electron chi connectivity index (χ1n) is 6.39. The van der Waals surface area contributed by atoms with Crippen molar-refractivity contribution in [3.05, 3.63) is 30.3 Å². The van der Waals surface area contributed by atoms with Crippen molar-refractivity contribution in [2.24, 2.45) is 0 Å². The fourth-order valence-electron chi connectivity index (χ4n) is 1.59. The lowest BCUT2D eigenvalue weighted by molar-refractivity contribution is -0.109. The van der Waals surface area contributed by atoms with Crippen LogP contribution in [-0.2, 0) is 4.79 Å². The highest BCUT2D eigenvalue weighted by molar-refractivity contribution is 5.70. The van der Waals surface area contributed by atoms with Gasteiger partial charge in [0.1, 0.15) is 12.0 Å². The number of benzene rings is 1. The van der Waals surface area contributed by atoms with E-state index in [1.54, 1.807) is 31.3 Å². The summed E-state index contributed by atoms with van der Waals surface area (Å²) >= 11 is 0. The van der Waals surface area contributed by atoms with Crippen LogP contribution in [0.4, 0.5) is 4.79 Å². The van der Waals surface area contributed by atoms with Crippen LogP contribution >= 0.6 is 0 Å². The maximum absolute atomic E-state index is 11.4. The Hall–Kier alpha value is -1.88. The summed E-state index contributed by atoms with van der Waals surface area (Å²) in [6.45, 7) is 0.543. The molecule has 104 valence electrons. The molecular formula is C14H20N2O3. The van der Waals surface area contributed by atoms with Gasteiger partial charge in [0.05, 0.1) is 6.04 Å². The van der Waals surface area contributed by atoms with Crippen molar-refractivity contribution in [1.29, 1.82) is 0 Å². The van der Waals surface area contributed by atoms with Gasteiger partial charge in [-0.2, -0.15) is 0 Å². The van der Waals surface area contributed by atoms with Gasteiger partial charge in [-0.15, -0.1) is 0 Å². The van der Waals surface area contributed by atoms with Crippen molar-refractivity contribution in [3.8, 4) is 5.75 Å². The van der Waals surface area contributed by atoms with Gasteiger partial charge in [0.25, 0.3) is 0 Å². The van der Waals surface area contributed by atoms with E-state index in [9.17, 15) is 9.59 Å². The number of unbranched alkanes of at least 4 members (excludes halogenated alkanes) is 1. The fourth-order valence-corrected chi connectivity index (χ4v) is 1.59. The van der Waals surface area contributed by atoms with Crippen LogP contribution in [0.2, 0.25) is 0 Å². The number of aldehydes is 1. The predicted octanol–water partition coefficient (Wildman–Crippen LogP) is 1.73. The molecule has 19 heavy (non-hydrogen) atoms. The number of hydrogen-bond donors (Lipinski definition) is 2. The SMILES string of the molecule is CNC(C=O)CCCCNC(=O)Oc1ccccc1. The Morgan fingerprint density at radius 2 is 2.05 bits per heavy atom. The van der Waals surface area contributed by atoms with Crippen LogP contribution in [0.5, 0.6) is 5.75 Å². The summed E-state index contributed by atoms with van der Waals surface area (Å²) in [6.07, 6.45) is 2.91. The van der Waals surface area contributed by atoms with Crippen LogP contribution in [0.25, 0.3) is 0 Å². The average Bonchev–Trinajstić information content (AvgIpc) is 2.44. The van der Waals surface area contributed by atoms with E-state index in [-0.39, 0.29) is 6.04 Å². The molecular weight excluding hydrogens is 244 g/mol. The van der Waals surface area contributed by atoms with Crippen molar-refractivity contribution in [2.45, 2.75) is 25.3 Å². The van der Waals surface area contributed by atoms with E-state index >= 15 is 0 Å². The quantitative estimate of drug-likeness (QED) is 0.554. The third-order valence-electron chi connectivity index (χ3n) is 2.70. The highest BCUT2D eigenvalue weighted by Crippen LogP contribution is 2.08. The Labute approximate surface area is 113 Å². The van der Waals surface area contributed by atoms with Crippen LogP contribution < -0.4 is 15.4 Å². The van der Waals surface area contributed by atoms with E-state index in [0.717, 1.165) is 25.5 Å². The number of nitrogens with one attached hydrogen (secondary N) is 2. The van der Waals surface area contributed by atoms with E-state index in [1.165, 1.54) is 0 Å². The molecule has 5 heteroatoms. The lowest BCUT2D eigenvalue weighted by Gasteiger charge is -2.09. The normalized spacial score (nSPS) is 11.6. The molecule has 0 heterocycles. The topological polar surface area (TPSA) is 67.4 Å². The Morgan fingerprint density at radius 3 is 2.68 bits per heavy atom. The van der Waals surface area contributed by atoms with Crippen molar-refractivity contribution < 1.29 is 14.3 Å². The Bertz CT molecular complexity index is 382. The number of ether oxygens (including phenoxy) is 1. The molecule has 2 N–H and O–H groups in total. The minimum Gasteiger partial charge on any atom is -0.410 e. The van der Waals surface area contributed by atoms with E-state index in [0.29, 0.717) is 12.3 Å². The maximum Gasteiger partial charge on any atom is 0.412 e. The number of carbonyl (C=O) groups excluding carboxylic acids is 2. The molecule has 0 fully saturated rings. The molecule has 0 radical (unpaired) electrons. The summed E-state index contributed by atoms with van der Waals surface area (Å²) < 4.78 is 5.07. The molecule has 0 saturated heterocycles. The van der Waals surface area contributed by atoms with Crippen LogP contribution in [0, 0.1) is 0 Å². The molecule has 0 aliphatic carbocycles. The summed E-state index contributed by atoms with van der Waals surface area (Å²) in [7, 11) is 1.76. The molecule has 5 nitrogen and oxygen atoms in total. The van der Waals surface area contributed by atoms with E-state index in [4.69, 9.17) is 4.74 Å². The first kappa shape index (κ1) is 15.2. The van der Waals surface area contributed by atoms with Crippen LogP contribution in [-0.4, -0.2) is 32.0 Å². The molecule has 0 bridgehead atoms. The van der Waals surface area contributed by atoms with Gasteiger partial charge in [-0.3, -0.25) is 0 Å². The first-order valence-corrected chi connectivity index (χ1v) is 6.39. The molecule has 1 rings (SSSR count). The highest BCUT2D eigenvalue weighted by Gasteiger charge is 2.04. The molecule has 0 spiro atoms. The predicted molar refractivity (Wildman–Crippen MR) is 73.2 cm³/mol. The smallest absolute Gasteiger partial charge is 0.410 e. The van der Waals surface area contributed by atoms with Crippen molar-refractivity contribution >= 4 is 12.4 Å². The van der Waals surface area contributed by atoms with Gasteiger partial charge in [-0.1, -0.05) is 18.2 Å². The van der Waals surface area contributed by atoms with Crippen molar-refractivity contribution in [1.82, 2.24) is 10.6 Å². The number of amides is 1. The van der Waals surface area contributed by atoms with Gasteiger partial charge >= 0.3 is 6.09 Å². The van der Waals surface area contributed by atoms with E-state index in [1.807, 2.05) is 6.07 Å². The van der Waals surface area contributed by atoms with Gasteiger partial charge in [-0.05, 0) is 38.4 Å². The Kier molecular flexibility index (Phi) is 7.27. The number of hydrogen-bond acceptors (Lipinski definition) is 4. The lowest BCUT2D eigenvalue weighted by Crippen LogP contribution is -2.29. The van der Waals surface area contributed by atoms with Gasteiger partial charge in [-0.25, -0.2) is 4.79 Å². The Balaban J connectivity index is 2.09. The average molecular weight is 264 g/mol. The summed E-state index contributed by atoms with van der Waals surface area (Å²) in [6, 6.07) is 8.81. The van der Waals surface area contributed by atoms with E-state index < -0.39 is 6.09 Å². The van der Waals surface area contributed by atoms with Crippen LogP contribution in [0.1, 0.15) is 19.3 Å². The largest absolute Gasteiger partial charge is 0.412 e. The van der Waals surface area contributed by atoms with E-state index in [2.05, 4.69) is 10.6 Å². The van der Waals surface area contributed by atoms with Gasteiger partial charge in [0, 0.05) is 6.54 Å².